The molecular weight excluding hydrogens is 422 g/mol. The van der Waals surface area contributed by atoms with Gasteiger partial charge in [0.25, 0.3) is 10.0 Å². The quantitative estimate of drug-likeness (QED) is 0.611. The number of hydrogen-bond acceptors (Lipinski definition) is 7. The average molecular weight is 441 g/mol. The van der Waals surface area contributed by atoms with E-state index >= 15 is 0 Å². The van der Waals surface area contributed by atoms with Gasteiger partial charge in [-0.3, -0.25) is 14.7 Å². The van der Waals surface area contributed by atoms with Gasteiger partial charge in [0, 0.05) is 29.8 Å². The summed E-state index contributed by atoms with van der Waals surface area (Å²) in [6, 6.07) is 3.55. The van der Waals surface area contributed by atoms with Crippen LogP contribution in [0.5, 0.6) is 0 Å². The monoisotopic (exact) mass is 440 g/mol. The van der Waals surface area contributed by atoms with Crippen LogP contribution >= 0.6 is 11.5 Å². The first-order valence-electron chi connectivity index (χ1n) is 8.95. The van der Waals surface area contributed by atoms with E-state index < -0.39 is 26.6 Å². The van der Waals surface area contributed by atoms with Crippen LogP contribution in [0.15, 0.2) is 35.6 Å². The molecule has 1 unspecified atom stereocenters. The molecule has 0 bridgehead atoms. The topological polar surface area (TPSA) is 104 Å². The second-order valence-electron chi connectivity index (χ2n) is 6.72. The van der Waals surface area contributed by atoms with Crippen LogP contribution in [0.2, 0.25) is 0 Å². The zero-order chi connectivity index (χ0) is 20.4. The van der Waals surface area contributed by atoms with Gasteiger partial charge < -0.3 is 0 Å². The predicted molar refractivity (Wildman–Crippen MR) is 103 cm³/mol. The molecule has 1 atom stereocenters. The van der Waals surface area contributed by atoms with E-state index in [0.29, 0.717) is 6.07 Å². The van der Waals surface area contributed by atoms with Gasteiger partial charge in [-0.25, -0.2) is 22.2 Å². The average Bonchev–Trinajstić information content (AvgIpc) is 3.38. The van der Waals surface area contributed by atoms with Gasteiger partial charge in [0.05, 0.1) is 11.7 Å². The lowest BCUT2D eigenvalue weighted by atomic mass is 9.98. The summed E-state index contributed by atoms with van der Waals surface area (Å²) in [5.41, 5.74) is 1.02. The summed E-state index contributed by atoms with van der Waals surface area (Å²) in [4.78, 5) is 4.97. The molecule has 154 valence electrons. The number of aromatic amines is 1. The van der Waals surface area contributed by atoms with Crippen LogP contribution < -0.4 is 4.72 Å². The lowest BCUT2D eigenvalue weighted by Gasteiger charge is -2.35. The Morgan fingerprint density at radius 1 is 1.28 bits per heavy atom. The first-order chi connectivity index (χ1) is 13.9. The minimum atomic E-state index is -4.32. The fourth-order valence-corrected chi connectivity index (χ4v) is 5.22. The number of halogens is 2. The number of sulfonamides is 1. The highest BCUT2D eigenvalue weighted by Gasteiger charge is 2.28. The largest absolute Gasteiger partial charge is 0.290 e. The van der Waals surface area contributed by atoms with Crippen LogP contribution in [0.3, 0.4) is 0 Å². The van der Waals surface area contributed by atoms with Gasteiger partial charge in [-0.15, -0.1) is 0 Å². The van der Waals surface area contributed by atoms with Crippen LogP contribution in [0, 0.1) is 11.6 Å². The van der Waals surface area contributed by atoms with Crippen LogP contribution in [-0.2, 0) is 16.6 Å². The molecule has 1 aliphatic rings. The van der Waals surface area contributed by atoms with Crippen molar-refractivity contribution in [2.75, 3.05) is 11.3 Å². The van der Waals surface area contributed by atoms with Crippen molar-refractivity contribution in [3.8, 4) is 0 Å². The Balaban J connectivity index is 1.58. The fraction of sp³-hybridized carbons (Fsp3) is 0.353. The van der Waals surface area contributed by atoms with Gasteiger partial charge in [0.1, 0.15) is 22.9 Å². The summed E-state index contributed by atoms with van der Waals surface area (Å²) in [5.74, 6) is -1.80. The minimum absolute atomic E-state index is 0.0235. The highest BCUT2D eigenvalue weighted by Crippen LogP contribution is 2.32. The number of rotatable bonds is 6. The molecule has 2 N–H and O–H groups in total. The van der Waals surface area contributed by atoms with Crippen LogP contribution in [0.1, 0.15) is 36.6 Å². The number of likely N-dealkylation sites (tertiary alicyclic amines) is 1. The van der Waals surface area contributed by atoms with Crippen LogP contribution in [-0.4, -0.2) is 39.4 Å². The van der Waals surface area contributed by atoms with Crippen molar-refractivity contribution in [1.29, 1.82) is 0 Å². The summed E-state index contributed by atoms with van der Waals surface area (Å²) in [5, 5.41) is 6.89. The first-order valence-corrected chi connectivity index (χ1v) is 11.2. The number of piperidine rings is 1. The summed E-state index contributed by atoms with van der Waals surface area (Å²) >= 11 is 0.797. The Morgan fingerprint density at radius 3 is 2.86 bits per heavy atom. The Bertz CT molecular complexity index is 1070. The number of aromatic nitrogens is 4. The van der Waals surface area contributed by atoms with E-state index in [4.69, 9.17) is 0 Å². The van der Waals surface area contributed by atoms with Crippen LogP contribution in [0.25, 0.3) is 0 Å². The normalized spacial score (nSPS) is 18.1. The van der Waals surface area contributed by atoms with Gasteiger partial charge in [0.2, 0.25) is 5.13 Å². The first kappa shape index (κ1) is 19.9. The number of anilines is 1. The van der Waals surface area contributed by atoms with Crippen LogP contribution in [0.4, 0.5) is 13.9 Å². The van der Waals surface area contributed by atoms with Crippen molar-refractivity contribution in [2.45, 2.75) is 36.7 Å². The molecule has 0 amide bonds. The number of H-pyrrole nitrogens is 1. The van der Waals surface area contributed by atoms with Gasteiger partial charge in [-0.1, -0.05) is 6.42 Å². The Kier molecular flexibility index (Phi) is 5.56. The maximum absolute atomic E-state index is 14.7. The van der Waals surface area contributed by atoms with E-state index in [9.17, 15) is 17.2 Å². The molecule has 4 rings (SSSR count). The molecular formula is C17H18F2N6O2S2. The van der Waals surface area contributed by atoms with Crippen molar-refractivity contribution in [1.82, 2.24) is 24.5 Å². The SMILES string of the molecule is O=S(=O)(Nc1ncns1)c1cc(F)c(CN2CCCCC2c2ccn[nH]2)cc1F. The number of nitrogens with zero attached hydrogens (tertiary/aromatic N) is 4. The number of hydrogen-bond donors (Lipinski definition) is 2. The summed E-state index contributed by atoms with van der Waals surface area (Å²) in [6.45, 7) is 0.889. The molecule has 0 spiro atoms. The van der Waals surface area contributed by atoms with Crippen molar-refractivity contribution in [2.24, 2.45) is 0 Å². The molecule has 0 radical (unpaired) electrons. The second kappa shape index (κ2) is 8.13. The zero-order valence-electron chi connectivity index (χ0n) is 15.2. The van der Waals surface area contributed by atoms with Crippen molar-refractivity contribution in [3.05, 3.63) is 53.6 Å². The molecule has 1 aliphatic heterocycles. The standard InChI is InChI=1S/C17H18F2N6O2S2/c18-12-8-16(29(26,27)24-17-20-10-22-28-17)13(19)7-11(12)9-25-6-2-1-3-15(25)14-4-5-21-23-14/h4-5,7-8,10,15H,1-3,6,9H2,(H,21,23)(H,20,22,24). The smallest absolute Gasteiger partial charge is 0.266 e. The molecule has 2 aromatic heterocycles. The molecule has 12 heteroatoms. The van der Waals surface area contributed by atoms with E-state index in [0.717, 1.165) is 55.4 Å². The van der Waals surface area contributed by atoms with Gasteiger partial charge in [-0.05, 0) is 37.6 Å². The highest BCUT2D eigenvalue weighted by atomic mass is 32.2. The molecule has 1 fully saturated rings. The van der Waals surface area contributed by atoms with Gasteiger partial charge >= 0.3 is 0 Å². The number of nitrogens with one attached hydrogen (secondary N) is 2. The number of benzene rings is 1. The van der Waals surface area contributed by atoms with E-state index in [1.54, 1.807) is 6.20 Å². The third kappa shape index (κ3) is 4.28. The maximum Gasteiger partial charge on any atom is 0.266 e. The highest BCUT2D eigenvalue weighted by molar-refractivity contribution is 7.93. The predicted octanol–water partition coefficient (Wildman–Crippen LogP) is 3.07. The maximum atomic E-state index is 14.7. The summed E-state index contributed by atoms with van der Waals surface area (Å²) in [6.07, 6.45) is 5.69. The van der Waals surface area contributed by atoms with E-state index in [1.165, 1.54) is 0 Å². The van der Waals surface area contributed by atoms with Crippen molar-refractivity contribution in [3.63, 3.8) is 0 Å². The third-order valence-corrected chi connectivity index (χ3v) is 6.91. The minimum Gasteiger partial charge on any atom is -0.290 e. The molecule has 1 saturated heterocycles. The zero-order valence-corrected chi connectivity index (χ0v) is 16.8. The molecule has 3 heterocycles. The molecule has 0 aliphatic carbocycles. The second-order valence-corrected chi connectivity index (χ2v) is 9.15. The van der Waals surface area contributed by atoms with E-state index in [1.807, 2.05) is 11.0 Å². The Hall–Kier alpha value is -2.44. The molecule has 3 aromatic rings. The van der Waals surface area contributed by atoms with Gasteiger partial charge in [0.15, 0.2) is 0 Å². The summed E-state index contributed by atoms with van der Waals surface area (Å²) in [7, 11) is -4.32. The molecule has 1 aromatic carbocycles. The van der Waals surface area contributed by atoms with E-state index in [-0.39, 0.29) is 23.3 Å². The molecule has 29 heavy (non-hydrogen) atoms. The molecule has 8 nitrogen and oxygen atoms in total. The summed E-state index contributed by atoms with van der Waals surface area (Å²) < 4.78 is 59.9. The third-order valence-electron chi connectivity index (χ3n) is 4.84. The fourth-order valence-electron chi connectivity index (χ4n) is 3.49. The molecule has 0 saturated carbocycles. The Morgan fingerprint density at radius 2 is 2.14 bits per heavy atom. The lowest BCUT2D eigenvalue weighted by molar-refractivity contribution is 0.135. The lowest BCUT2D eigenvalue weighted by Crippen LogP contribution is -2.33. The van der Waals surface area contributed by atoms with E-state index in [2.05, 4.69) is 24.3 Å². The van der Waals surface area contributed by atoms with Gasteiger partial charge in [-0.2, -0.15) is 9.47 Å². The van der Waals surface area contributed by atoms with Crippen molar-refractivity contribution >= 4 is 26.7 Å². The van der Waals surface area contributed by atoms with Crippen molar-refractivity contribution < 1.29 is 17.2 Å². The Labute approximate surface area is 170 Å².